The van der Waals surface area contributed by atoms with Gasteiger partial charge in [-0.05, 0) is 37.5 Å². The summed E-state index contributed by atoms with van der Waals surface area (Å²) >= 11 is 0. The summed E-state index contributed by atoms with van der Waals surface area (Å²) in [5.74, 6) is 3.04. The minimum atomic E-state index is 0. The molecule has 2 rings (SSSR count). The number of ether oxygens (including phenoxy) is 4. The van der Waals surface area contributed by atoms with Crippen LogP contribution in [0.2, 0.25) is 0 Å². The van der Waals surface area contributed by atoms with E-state index in [4.69, 9.17) is 23.9 Å². The number of aliphatic imine (C=N–C) groups is 1. The number of hydrogen-bond acceptors (Lipinski definition) is 5. The van der Waals surface area contributed by atoms with Crippen LogP contribution >= 0.6 is 24.0 Å². The Hall–Kier alpha value is -1.26. The first-order valence-electron chi connectivity index (χ1n) is 10.0. The maximum Gasteiger partial charge on any atom is 0.193 e. The molecule has 1 aliphatic heterocycles. The van der Waals surface area contributed by atoms with Crippen LogP contribution in [0.5, 0.6) is 11.5 Å². The number of halogens is 1. The van der Waals surface area contributed by atoms with Gasteiger partial charge >= 0.3 is 0 Å². The van der Waals surface area contributed by atoms with Crippen LogP contribution in [0, 0.1) is 5.92 Å². The number of hydrogen-bond donors (Lipinski definition) is 1. The summed E-state index contributed by atoms with van der Waals surface area (Å²) in [5, 5.41) is 3.42. The van der Waals surface area contributed by atoms with Crippen LogP contribution in [0.25, 0.3) is 0 Å². The second-order valence-electron chi connectivity index (χ2n) is 6.84. The number of nitrogens with one attached hydrogen (secondary N) is 1. The fourth-order valence-electron chi connectivity index (χ4n) is 3.31. The lowest BCUT2D eigenvalue weighted by molar-refractivity contribution is 0.0536. The van der Waals surface area contributed by atoms with Crippen molar-refractivity contribution in [1.29, 1.82) is 0 Å². The van der Waals surface area contributed by atoms with Crippen molar-refractivity contribution in [1.82, 2.24) is 10.2 Å². The molecule has 1 atom stereocenters. The number of guanidine groups is 1. The van der Waals surface area contributed by atoms with Crippen LogP contribution < -0.4 is 14.8 Å². The summed E-state index contributed by atoms with van der Waals surface area (Å²) in [7, 11) is 5.00. The average molecular weight is 521 g/mol. The number of rotatable bonds is 11. The first-order chi connectivity index (χ1) is 13.7. The first-order valence-corrected chi connectivity index (χ1v) is 10.0. The Bertz CT molecular complexity index is 616. The van der Waals surface area contributed by atoms with E-state index in [0.29, 0.717) is 19.1 Å². The van der Waals surface area contributed by atoms with Crippen molar-refractivity contribution in [2.45, 2.75) is 19.8 Å². The third kappa shape index (κ3) is 8.55. The zero-order chi connectivity index (χ0) is 20.2. The molecule has 1 fully saturated rings. The Balaban J connectivity index is 0.00000420. The van der Waals surface area contributed by atoms with Gasteiger partial charge in [-0.3, -0.25) is 4.99 Å². The molecule has 0 bridgehead atoms. The van der Waals surface area contributed by atoms with E-state index < -0.39 is 0 Å². The lowest BCUT2D eigenvalue weighted by atomic mass is 10.1. The molecule has 1 aromatic carbocycles. The molecule has 1 saturated heterocycles. The molecule has 7 nitrogen and oxygen atoms in total. The highest BCUT2D eigenvalue weighted by Gasteiger charge is 2.24. The Kier molecular flexibility index (Phi) is 13.0. The predicted octanol–water partition coefficient (Wildman–Crippen LogP) is 2.81. The highest BCUT2D eigenvalue weighted by molar-refractivity contribution is 14.0. The molecule has 0 aliphatic carbocycles. The summed E-state index contributed by atoms with van der Waals surface area (Å²) in [6.45, 7) is 7.78. The van der Waals surface area contributed by atoms with Crippen LogP contribution in [0.4, 0.5) is 0 Å². The Morgan fingerprint density at radius 1 is 1.17 bits per heavy atom. The van der Waals surface area contributed by atoms with Gasteiger partial charge in [0.2, 0.25) is 0 Å². The van der Waals surface area contributed by atoms with Crippen molar-refractivity contribution in [2.24, 2.45) is 10.9 Å². The van der Waals surface area contributed by atoms with E-state index in [1.165, 1.54) is 5.56 Å². The molecule has 1 aromatic rings. The van der Waals surface area contributed by atoms with E-state index in [1.54, 1.807) is 21.3 Å². The second-order valence-corrected chi connectivity index (χ2v) is 6.84. The van der Waals surface area contributed by atoms with Crippen LogP contribution in [0.1, 0.15) is 18.9 Å². The van der Waals surface area contributed by atoms with Crippen molar-refractivity contribution < 1.29 is 18.9 Å². The normalized spacial score (nSPS) is 16.5. The van der Waals surface area contributed by atoms with Crippen LogP contribution in [0.3, 0.4) is 0 Å². The van der Waals surface area contributed by atoms with Gasteiger partial charge in [0, 0.05) is 39.2 Å². The summed E-state index contributed by atoms with van der Waals surface area (Å²) in [4.78, 5) is 7.17. The summed E-state index contributed by atoms with van der Waals surface area (Å²) in [6.07, 6.45) is 1.99. The maximum atomic E-state index is 5.69. The molecular weight excluding hydrogens is 485 g/mol. The van der Waals surface area contributed by atoms with Gasteiger partial charge in [-0.25, -0.2) is 0 Å². The molecule has 1 unspecified atom stereocenters. The third-order valence-corrected chi connectivity index (χ3v) is 4.82. The molecule has 0 aromatic heterocycles. The molecule has 1 aliphatic rings. The first kappa shape index (κ1) is 25.8. The highest BCUT2D eigenvalue weighted by atomic mass is 127. The molecule has 0 amide bonds. The molecule has 1 heterocycles. The SMILES string of the molecule is CCNC(=NCCc1ccc(OC)c(OC)c1)N1CCC(COCCOC)C1.I. The quantitative estimate of drug-likeness (QED) is 0.209. The number of benzene rings is 1. The molecular formula is C21H36IN3O4. The van der Waals surface area contributed by atoms with Crippen molar-refractivity contribution >= 4 is 29.9 Å². The Morgan fingerprint density at radius 3 is 2.66 bits per heavy atom. The van der Waals surface area contributed by atoms with Gasteiger partial charge in [-0.1, -0.05) is 6.07 Å². The minimum absolute atomic E-state index is 0. The molecule has 0 saturated carbocycles. The molecule has 1 N–H and O–H groups in total. The monoisotopic (exact) mass is 521 g/mol. The van der Waals surface area contributed by atoms with Gasteiger partial charge < -0.3 is 29.2 Å². The molecule has 29 heavy (non-hydrogen) atoms. The molecule has 8 heteroatoms. The summed E-state index contributed by atoms with van der Waals surface area (Å²) in [6, 6.07) is 6.02. The Morgan fingerprint density at radius 2 is 1.97 bits per heavy atom. The lowest BCUT2D eigenvalue weighted by Gasteiger charge is -2.21. The van der Waals surface area contributed by atoms with Crippen LogP contribution in [0.15, 0.2) is 23.2 Å². The zero-order valence-electron chi connectivity index (χ0n) is 18.1. The van der Waals surface area contributed by atoms with Crippen LogP contribution in [-0.2, 0) is 15.9 Å². The van der Waals surface area contributed by atoms with E-state index in [9.17, 15) is 0 Å². The number of likely N-dealkylation sites (tertiary alicyclic amines) is 1. The van der Waals surface area contributed by atoms with Gasteiger partial charge in [0.15, 0.2) is 17.5 Å². The Labute approximate surface area is 192 Å². The van der Waals surface area contributed by atoms with E-state index in [0.717, 1.165) is 63.1 Å². The van der Waals surface area contributed by atoms with Gasteiger partial charge in [-0.2, -0.15) is 0 Å². The standard InChI is InChI=1S/C21H35N3O4.HI/c1-5-22-21(24-11-9-18(15-24)16-28-13-12-25-2)23-10-8-17-6-7-19(26-3)20(14-17)27-4;/h6-7,14,18H,5,8-13,15-16H2,1-4H3,(H,22,23);1H. The third-order valence-electron chi connectivity index (χ3n) is 4.82. The number of methoxy groups -OCH3 is 3. The van der Waals surface area contributed by atoms with E-state index in [1.807, 2.05) is 12.1 Å². The molecule has 0 spiro atoms. The maximum absolute atomic E-state index is 5.69. The van der Waals surface area contributed by atoms with Gasteiger partial charge in [0.25, 0.3) is 0 Å². The van der Waals surface area contributed by atoms with E-state index in [-0.39, 0.29) is 24.0 Å². The minimum Gasteiger partial charge on any atom is -0.493 e. The summed E-state index contributed by atoms with van der Waals surface area (Å²) in [5.41, 5.74) is 1.18. The van der Waals surface area contributed by atoms with Gasteiger partial charge in [0.1, 0.15) is 0 Å². The second kappa shape index (κ2) is 14.7. The predicted molar refractivity (Wildman–Crippen MR) is 127 cm³/mol. The fraction of sp³-hybridized carbons (Fsp3) is 0.667. The highest BCUT2D eigenvalue weighted by Crippen LogP contribution is 2.27. The zero-order valence-corrected chi connectivity index (χ0v) is 20.4. The summed E-state index contributed by atoms with van der Waals surface area (Å²) < 4.78 is 21.4. The average Bonchev–Trinajstić information content (AvgIpc) is 3.19. The van der Waals surface area contributed by atoms with Gasteiger partial charge in [-0.15, -0.1) is 24.0 Å². The van der Waals surface area contributed by atoms with Crippen LogP contribution in [-0.4, -0.2) is 78.2 Å². The smallest absolute Gasteiger partial charge is 0.193 e. The van der Waals surface area contributed by atoms with E-state index in [2.05, 4.69) is 23.2 Å². The fourth-order valence-corrected chi connectivity index (χ4v) is 3.31. The lowest BCUT2D eigenvalue weighted by Crippen LogP contribution is -2.40. The van der Waals surface area contributed by atoms with E-state index >= 15 is 0 Å². The van der Waals surface area contributed by atoms with Crippen molar-refractivity contribution in [2.75, 3.05) is 67.3 Å². The van der Waals surface area contributed by atoms with Crippen molar-refractivity contribution in [3.8, 4) is 11.5 Å². The van der Waals surface area contributed by atoms with Crippen molar-refractivity contribution in [3.63, 3.8) is 0 Å². The van der Waals surface area contributed by atoms with Crippen molar-refractivity contribution in [3.05, 3.63) is 23.8 Å². The topological polar surface area (TPSA) is 64.6 Å². The molecule has 0 radical (unpaired) electrons. The molecule has 166 valence electrons. The largest absolute Gasteiger partial charge is 0.493 e. The van der Waals surface area contributed by atoms with Gasteiger partial charge in [0.05, 0.1) is 34.0 Å². The number of nitrogens with zero attached hydrogens (tertiary/aromatic N) is 2.